The van der Waals surface area contributed by atoms with Crippen LogP contribution >= 0.6 is 11.3 Å². The van der Waals surface area contributed by atoms with Crippen molar-refractivity contribution in [2.75, 3.05) is 26.2 Å². The van der Waals surface area contributed by atoms with E-state index in [0.717, 1.165) is 43.9 Å². The second-order valence-electron chi connectivity index (χ2n) is 8.85. The van der Waals surface area contributed by atoms with Crippen molar-refractivity contribution < 1.29 is 5.11 Å². The monoisotopic (exact) mass is 433 g/mol. The third kappa shape index (κ3) is 4.76. The van der Waals surface area contributed by atoms with Gasteiger partial charge < -0.3 is 10.0 Å². The van der Waals surface area contributed by atoms with Gasteiger partial charge in [0, 0.05) is 23.9 Å². The minimum absolute atomic E-state index is 0.298. The van der Waals surface area contributed by atoms with Crippen LogP contribution in [0.2, 0.25) is 0 Å². The number of aliphatic hydroxyl groups excluding tert-OH is 1. The van der Waals surface area contributed by atoms with Crippen LogP contribution in [0.25, 0.3) is 11.1 Å². The highest BCUT2D eigenvalue weighted by atomic mass is 32.1. The van der Waals surface area contributed by atoms with Gasteiger partial charge in [0.1, 0.15) is 0 Å². The van der Waals surface area contributed by atoms with Crippen LogP contribution in [-0.2, 0) is 0 Å². The standard InChI is InChI=1S/C26H31N3OS/c30-26(24-7-4-16-31-24)22-12-14-29(15-13-22)18-23-17-27-28-25(23)21-10-8-20(9-11-21)19-5-2-1-3-6-19/h1-11,16,22-23,25-28,30H,12-15,17-18H2. The van der Waals surface area contributed by atoms with Crippen molar-refractivity contribution in [1.29, 1.82) is 0 Å². The average Bonchev–Trinajstić information content (AvgIpc) is 3.53. The number of rotatable bonds is 6. The number of likely N-dealkylation sites (tertiary alicyclic amines) is 1. The molecule has 162 valence electrons. The maximum Gasteiger partial charge on any atom is 0.0910 e. The second-order valence-corrected chi connectivity index (χ2v) is 9.83. The molecule has 2 aliphatic heterocycles. The van der Waals surface area contributed by atoms with Crippen LogP contribution in [0.1, 0.15) is 35.4 Å². The first-order chi connectivity index (χ1) is 15.3. The van der Waals surface area contributed by atoms with Gasteiger partial charge in [-0.25, -0.2) is 5.43 Å². The van der Waals surface area contributed by atoms with E-state index in [2.05, 4.69) is 81.8 Å². The van der Waals surface area contributed by atoms with Gasteiger partial charge in [-0.05, 0) is 60.0 Å². The Hall–Kier alpha value is -2.02. The summed E-state index contributed by atoms with van der Waals surface area (Å²) in [4.78, 5) is 3.70. The van der Waals surface area contributed by atoms with E-state index in [1.165, 1.54) is 16.7 Å². The van der Waals surface area contributed by atoms with Crippen molar-refractivity contribution in [3.05, 3.63) is 82.6 Å². The van der Waals surface area contributed by atoms with Crippen molar-refractivity contribution in [1.82, 2.24) is 15.8 Å². The molecular formula is C26H31N3OS. The van der Waals surface area contributed by atoms with E-state index in [1.807, 2.05) is 6.07 Å². The normalized spacial score (nSPS) is 23.8. The SMILES string of the molecule is OC(c1cccs1)C1CCN(CC2CNNC2c2ccc(-c3ccccc3)cc2)CC1. The Labute approximate surface area is 188 Å². The van der Waals surface area contributed by atoms with Crippen molar-refractivity contribution in [2.24, 2.45) is 11.8 Å². The first-order valence-electron chi connectivity index (χ1n) is 11.4. The largest absolute Gasteiger partial charge is 0.387 e. The molecule has 3 atom stereocenters. The van der Waals surface area contributed by atoms with Gasteiger partial charge in [0.05, 0.1) is 12.1 Å². The quantitative estimate of drug-likeness (QED) is 0.531. The molecule has 1 aromatic heterocycles. The topological polar surface area (TPSA) is 47.5 Å². The van der Waals surface area contributed by atoms with E-state index in [4.69, 9.17) is 0 Å². The smallest absolute Gasteiger partial charge is 0.0910 e. The lowest BCUT2D eigenvalue weighted by Gasteiger charge is -2.36. The summed E-state index contributed by atoms with van der Waals surface area (Å²) in [6.45, 7) is 4.22. The number of aliphatic hydroxyl groups is 1. The molecule has 2 aromatic carbocycles. The van der Waals surface area contributed by atoms with Gasteiger partial charge in [0.15, 0.2) is 0 Å². The number of hydrogen-bond donors (Lipinski definition) is 3. The van der Waals surface area contributed by atoms with Gasteiger partial charge in [-0.3, -0.25) is 5.43 Å². The molecule has 5 heteroatoms. The van der Waals surface area contributed by atoms with Crippen LogP contribution in [0, 0.1) is 11.8 Å². The summed E-state index contributed by atoms with van der Waals surface area (Å²) in [5.41, 5.74) is 10.8. The van der Waals surface area contributed by atoms with Gasteiger partial charge >= 0.3 is 0 Å². The van der Waals surface area contributed by atoms with Gasteiger partial charge in [-0.1, -0.05) is 60.7 Å². The van der Waals surface area contributed by atoms with Gasteiger partial charge in [-0.15, -0.1) is 11.3 Å². The van der Waals surface area contributed by atoms with Crippen LogP contribution in [0.3, 0.4) is 0 Å². The summed E-state index contributed by atoms with van der Waals surface area (Å²) in [6.07, 6.45) is 1.85. The van der Waals surface area contributed by atoms with Crippen LogP contribution in [-0.4, -0.2) is 36.2 Å². The molecule has 3 aromatic rings. The maximum atomic E-state index is 10.7. The molecule has 3 N–H and O–H groups in total. The molecular weight excluding hydrogens is 402 g/mol. The number of nitrogens with one attached hydrogen (secondary N) is 2. The number of hydrogen-bond acceptors (Lipinski definition) is 5. The molecule has 31 heavy (non-hydrogen) atoms. The van der Waals surface area contributed by atoms with Crippen molar-refractivity contribution in [3.63, 3.8) is 0 Å². The van der Waals surface area contributed by atoms with E-state index in [0.29, 0.717) is 17.9 Å². The minimum atomic E-state index is -0.298. The first-order valence-corrected chi connectivity index (χ1v) is 12.2. The zero-order valence-corrected chi connectivity index (χ0v) is 18.6. The fourth-order valence-corrected chi connectivity index (χ4v) is 5.85. The summed E-state index contributed by atoms with van der Waals surface area (Å²) in [7, 11) is 0. The van der Waals surface area contributed by atoms with E-state index in [9.17, 15) is 5.11 Å². The summed E-state index contributed by atoms with van der Waals surface area (Å²) in [6, 6.07) is 24.0. The van der Waals surface area contributed by atoms with Crippen molar-refractivity contribution >= 4 is 11.3 Å². The Kier molecular flexibility index (Phi) is 6.48. The fraction of sp³-hybridized carbons (Fsp3) is 0.385. The molecule has 2 aliphatic rings. The molecule has 3 heterocycles. The third-order valence-electron chi connectivity index (χ3n) is 6.88. The van der Waals surface area contributed by atoms with E-state index in [1.54, 1.807) is 11.3 Å². The number of piperidine rings is 1. The minimum Gasteiger partial charge on any atom is -0.387 e. The van der Waals surface area contributed by atoms with Crippen molar-refractivity contribution in [3.8, 4) is 11.1 Å². The Morgan fingerprint density at radius 2 is 1.68 bits per heavy atom. The molecule has 0 spiro atoms. The lowest BCUT2D eigenvalue weighted by atomic mass is 9.88. The molecule has 0 radical (unpaired) electrons. The average molecular weight is 434 g/mol. The zero-order chi connectivity index (χ0) is 21.0. The number of hydrazine groups is 1. The molecule has 0 bridgehead atoms. The highest BCUT2D eigenvalue weighted by Crippen LogP contribution is 2.34. The second kappa shape index (κ2) is 9.63. The molecule has 4 nitrogen and oxygen atoms in total. The Morgan fingerprint density at radius 1 is 0.935 bits per heavy atom. The Balaban J connectivity index is 1.18. The van der Waals surface area contributed by atoms with Crippen LogP contribution < -0.4 is 10.9 Å². The van der Waals surface area contributed by atoms with Crippen LogP contribution in [0.15, 0.2) is 72.1 Å². The first kappa shape index (κ1) is 20.9. The van der Waals surface area contributed by atoms with Gasteiger partial charge in [-0.2, -0.15) is 0 Å². The van der Waals surface area contributed by atoms with Gasteiger partial charge in [0.2, 0.25) is 0 Å². The lowest BCUT2D eigenvalue weighted by Crippen LogP contribution is -2.40. The van der Waals surface area contributed by atoms with E-state index in [-0.39, 0.29) is 6.10 Å². The van der Waals surface area contributed by atoms with E-state index < -0.39 is 0 Å². The Bertz CT molecular complexity index is 937. The summed E-state index contributed by atoms with van der Waals surface area (Å²) in [5, 5.41) is 12.7. The highest BCUT2D eigenvalue weighted by molar-refractivity contribution is 7.10. The predicted molar refractivity (Wildman–Crippen MR) is 128 cm³/mol. The number of benzene rings is 2. The zero-order valence-electron chi connectivity index (χ0n) is 17.8. The molecule has 2 saturated heterocycles. The summed E-state index contributed by atoms with van der Waals surface area (Å²) in [5.74, 6) is 0.928. The molecule has 5 rings (SSSR count). The Morgan fingerprint density at radius 3 is 2.39 bits per heavy atom. The molecule has 0 amide bonds. The third-order valence-corrected chi connectivity index (χ3v) is 7.82. The highest BCUT2D eigenvalue weighted by Gasteiger charge is 2.32. The van der Waals surface area contributed by atoms with Crippen molar-refractivity contribution in [2.45, 2.75) is 25.0 Å². The maximum absolute atomic E-state index is 10.7. The van der Waals surface area contributed by atoms with E-state index >= 15 is 0 Å². The lowest BCUT2D eigenvalue weighted by molar-refractivity contribution is 0.0563. The number of nitrogens with zero attached hydrogens (tertiary/aromatic N) is 1. The predicted octanol–water partition coefficient (Wildman–Crippen LogP) is 4.63. The summed E-state index contributed by atoms with van der Waals surface area (Å²) >= 11 is 1.67. The molecule has 0 aliphatic carbocycles. The van der Waals surface area contributed by atoms with Gasteiger partial charge in [0.25, 0.3) is 0 Å². The summed E-state index contributed by atoms with van der Waals surface area (Å²) < 4.78 is 0. The molecule has 0 saturated carbocycles. The number of thiophene rings is 1. The van der Waals surface area contributed by atoms with Crippen LogP contribution in [0.5, 0.6) is 0 Å². The molecule has 3 unspecified atom stereocenters. The fourth-order valence-electron chi connectivity index (χ4n) is 5.05. The molecule has 2 fully saturated rings. The van der Waals surface area contributed by atoms with Crippen LogP contribution in [0.4, 0.5) is 0 Å².